The van der Waals surface area contributed by atoms with E-state index in [9.17, 15) is 9.59 Å². The van der Waals surface area contributed by atoms with Gasteiger partial charge in [-0.2, -0.15) is 0 Å². The van der Waals surface area contributed by atoms with Crippen molar-refractivity contribution in [1.82, 2.24) is 24.9 Å². The monoisotopic (exact) mass is 470 g/mol. The summed E-state index contributed by atoms with van der Waals surface area (Å²) < 4.78 is 1.49. The number of carbonyl (C=O) groups is 1. The number of benzene rings is 3. The molecule has 0 fully saturated rings. The quantitative estimate of drug-likeness (QED) is 0.241. The number of carbonyl (C=O) groups excluding carboxylic acids is 1. The summed E-state index contributed by atoms with van der Waals surface area (Å²) in [5, 5.41) is 1.33. The first-order valence-corrected chi connectivity index (χ1v) is 11.8. The molecule has 0 unspecified atom stereocenters. The Kier molecular flexibility index (Phi) is 6.01. The third-order valence-electron chi connectivity index (χ3n) is 5.46. The maximum Gasteiger partial charge on any atom is 0.269 e. The van der Waals surface area contributed by atoms with Crippen LogP contribution in [0, 0.1) is 0 Å². The Balaban J connectivity index is 1.33. The molecule has 5 rings (SSSR count). The number of nitrogens with zero attached hydrogens (tertiary/aromatic N) is 3. The molecule has 0 aliphatic heterocycles. The lowest BCUT2D eigenvalue weighted by atomic mass is 10.1. The van der Waals surface area contributed by atoms with Crippen molar-refractivity contribution < 1.29 is 4.79 Å². The summed E-state index contributed by atoms with van der Waals surface area (Å²) in [6.45, 7) is 2.27. The van der Waals surface area contributed by atoms with Crippen LogP contribution in [-0.4, -0.2) is 25.4 Å². The van der Waals surface area contributed by atoms with E-state index >= 15 is 0 Å². The van der Waals surface area contributed by atoms with E-state index in [1.54, 1.807) is 24.3 Å². The van der Waals surface area contributed by atoms with Gasteiger partial charge in [-0.25, -0.2) is 9.97 Å². The Morgan fingerprint density at radius 2 is 1.71 bits per heavy atom. The number of amides is 1. The minimum Gasteiger partial charge on any atom is -0.333 e. The van der Waals surface area contributed by atoms with Crippen LogP contribution in [0.4, 0.5) is 5.95 Å². The number of hydrogen-bond acceptors (Lipinski definition) is 6. The molecule has 0 saturated carbocycles. The van der Waals surface area contributed by atoms with Gasteiger partial charge in [0.25, 0.3) is 11.5 Å². The van der Waals surface area contributed by atoms with Crippen molar-refractivity contribution in [2.45, 2.75) is 24.4 Å². The normalized spacial score (nSPS) is 11.1. The van der Waals surface area contributed by atoms with E-state index in [0.717, 1.165) is 21.8 Å². The minimum absolute atomic E-state index is 0.160. The molecule has 0 saturated heterocycles. The summed E-state index contributed by atoms with van der Waals surface area (Å²) >= 11 is 1.53. The number of imidazole rings is 1. The van der Waals surface area contributed by atoms with Gasteiger partial charge in [0.1, 0.15) is 0 Å². The van der Waals surface area contributed by atoms with E-state index < -0.39 is 0 Å². The fourth-order valence-corrected chi connectivity index (χ4v) is 4.64. The second-order valence-electron chi connectivity index (χ2n) is 7.59. The zero-order valence-corrected chi connectivity index (χ0v) is 19.2. The molecular formula is C25H22N6O2S. The molecule has 8 nitrogen and oxygen atoms in total. The number of nitrogens with one attached hydrogen (secondary N) is 3. The molecule has 34 heavy (non-hydrogen) atoms. The van der Waals surface area contributed by atoms with Crippen molar-refractivity contribution in [3.8, 4) is 0 Å². The average molecular weight is 471 g/mol. The number of hydrazine groups is 1. The van der Waals surface area contributed by atoms with Crippen LogP contribution in [0.1, 0.15) is 22.8 Å². The molecule has 0 atom stereocenters. The largest absolute Gasteiger partial charge is 0.333 e. The Bertz CT molecular complexity index is 1530. The van der Waals surface area contributed by atoms with Crippen LogP contribution >= 0.6 is 11.8 Å². The highest BCUT2D eigenvalue weighted by Crippen LogP contribution is 2.24. The molecule has 2 aromatic heterocycles. The Morgan fingerprint density at radius 3 is 2.53 bits per heavy atom. The van der Waals surface area contributed by atoms with Gasteiger partial charge in [-0.1, -0.05) is 54.2 Å². The number of H-pyrrole nitrogens is 1. The highest BCUT2D eigenvalue weighted by molar-refractivity contribution is 7.98. The third-order valence-corrected chi connectivity index (χ3v) is 6.38. The second-order valence-corrected chi connectivity index (χ2v) is 8.55. The molecule has 3 N–H and O–H groups in total. The Labute approximate surface area is 199 Å². The summed E-state index contributed by atoms with van der Waals surface area (Å²) in [5.41, 5.74) is 9.23. The number of aromatic nitrogens is 4. The molecule has 0 spiro atoms. The van der Waals surface area contributed by atoms with E-state index in [2.05, 4.69) is 25.8 Å². The van der Waals surface area contributed by atoms with Crippen molar-refractivity contribution in [2.24, 2.45) is 0 Å². The van der Waals surface area contributed by atoms with E-state index in [-0.39, 0.29) is 17.4 Å². The first-order chi connectivity index (χ1) is 16.6. The second kappa shape index (κ2) is 9.40. The van der Waals surface area contributed by atoms with Crippen molar-refractivity contribution in [2.75, 3.05) is 5.43 Å². The molecule has 0 bridgehead atoms. The zero-order chi connectivity index (χ0) is 23.5. The van der Waals surface area contributed by atoms with Crippen LogP contribution < -0.4 is 16.4 Å². The number of hydrogen-bond donors (Lipinski definition) is 3. The first kappa shape index (κ1) is 21.7. The van der Waals surface area contributed by atoms with Crippen molar-refractivity contribution in [1.29, 1.82) is 0 Å². The van der Waals surface area contributed by atoms with Gasteiger partial charge in [-0.05, 0) is 42.8 Å². The van der Waals surface area contributed by atoms with Gasteiger partial charge in [0, 0.05) is 17.9 Å². The zero-order valence-electron chi connectivity index (χ0n) is 18.4. The maximum absolute atomic E-state index is 13.0. The summed E-state index contributed by atoms with van der Waals surface area (Å²) in [4.78, 5) is 38.2. The summed E-state index contributed by atoms with van der Waals surface area (Å²) in [6.07, 6.45) is 0. The van der Waals surface area contributed by atoms with E-state index in [0.29, 0.717) is 28.8 Å². The number of rotatable bonds is 7. The predicted octanol–water partition coefficient (Wildman–Crippen LogP) is 4.34. The first-order valence-electron chi connectivity index (χ1n) is 10.9. The van der Waals surface area contributed by atoms with Gasteiger partial charge in [0.2, 0.25) is 5.95 Å². The van der Waals surface area contributed by atoms with Crippen molar-refractivity contribution in [3.05, 3.63) is 94.3 Å². The van der Waals surface area contributed by atoms with E-state index in [1.807, 2.05) is 55.5 Å². The smallest absolute Gasteiger partial charge is 0.269 e. The van der Waals surface area contributed by atoms with Gasteiger partial charge in [-0.15, -0.1) is 0 Å². The van der Waals surface area contributed by atoms with E-state index in [4.69, 9.17) is 0 Å². The van der Waals surface area contributed by atoms with E-state index in [1.165, 1.54) is 16.3 Å². The number of aromatic amines is 1. The molecule has 5 aromatic rings. The molecular weight excluding hydrogens is 448 g/mol. The average Bonchev–Trinajstić information content (AvgIpc) is 3.29. The molecule has 0 aliphatic rings. The SMILES string of the molecule is CCn1c(NNC(=O)c2ccccc2CSc2nc3ccccc3[nH]2)nc2ccccc2c1=O. The molecule has 3 aromatic carbocycles. The standard InChI is InChI=1S/C25H22N6O2S/c1-2-31-23(33)18-11-5-6-12-19(18)26-24(31)30-29-22(32)17-10-4-3-9-16(17)15-34-25-27-20-13-7-8-14-21(20)28-25/h3-14H,2,15H2,1H3,(H,26,30)(H,27,28)(H,29,32). The molecule has 1 amide bonds. The van der Waals surface area contributed by atoms with Crippen LogP contribution in [-0.2, 0) is 12.3 Å². The van der Waals surface area contributed by atoms with Crippen molar-refractivity contribution >= 4 is 45.6 Å². The van der Waals surface area contributed by atoms with Gasteiger partial charge < -0.3 is 4.98 Å². The fourth-order valence-electron chi connectivity index (χ4n) is 3.75. The van der Waals surface area contributed by atoms with Gasteiger partial charge in [-0.3, -0.25) is 25.0 Å². The van der Waals surface area contributed by atoms with Gasteiger partial charge in [0.05, 0.1) is 21.9 Å². The summed E-state index contributed by atoms with van der Waals surface area (Å²) in [7, 11) is 0. The van der Waals surface area contributed by atoms with Gasteiger partial charge >= 0.3 is 0 Å². The summed E-state index contributed by atoms with van der Waals surface area (Å²) in [6, 6.07) is 22.4. The molecule has 0 radical (unpaired) electrons. The molecule has 170 valence electrons. The number of thioether (sulfide) groups is 1. The summed E-state index contributed by atoms with van der Waals surface area (Å²) in [5.74, 6) is 0.539. The van der Waals surface area contributed by atoms with Crippen LogP contribution in [0.3, 0.4) is 0 Å². The van der Waals surface area contributed by atoms with Gasteiger partial charge in [0.15, 0.2) is 5.16 Å². The molecule has 2 heterocycles. The number of anilines is 1. The minimum atomic E-state index is -0.314. The fraction of sp³-hybridized carbons (Fsp3) is 0.120. The van der Waals surface area contributed by atoms with Crippen LogP contribution in [0.5, 0.6) is 0 Å². The topological polar surface area (TPSA) is 105 Å². The van der Waals surface area contributed by atoms with Crippen molar-refractivity contribution in [3.63, 3.8) is 0 Å². The van der Waals surface area contributed by atoms with Crippen LogP contribution in [0.2, 0.25) is 0 Å². The molecule has 0 aliphatic carbocycles. The molecule has 9 heteroatoms. The van der Waals surface area contributed by atoms with Crippen LogP contribution in [0.15, 0.2) is 82.7 Å². The number of fused-ring (bicyclic) bond motifs is 2. The number of para-hydroxylation sites is 3. The lowest BCUT2D eigenvalue weighted by molar-refractivity contribution is 0.0961. The highest BCUT2D eigenvalue weighted by atomic mass is 32.2. The van der Waals surface area contributed by atoms with Crippen LogP contribution in [0.25, 0.3) is 21.9 Å². The third kappa shape index (κ3) is 4.25. The highest BCUT2D eigenvalue weighted by Gasteiger charge is 2.14. The lowest BCUT2D eigenvalue weighted by Gasteiger charge is -2.15. The Hall–Kier alpha value is -4.11. The maximum atomic E-state index is 13.0. The predicted molar refractivity (Wildman–Crippen MR) is 135 cm³/mol. The Morgan fingerprint density at radius 1 is 0.971 bits per heavy atom. The lowest BCUT2D eigenvalue weighted by Crippen LogP contribution is -2.34.